The fraction of sp³-hybridized carbons (Fsp3) is 0.633. The Balaban J connectivity index is 1.11. The van der Waals surface area contributed by atoms with Crippen LogP contribution in [0.2, 0.25) is 5.02 Å². The van der Waals surface area contributed by atoms with Gasteiger partial charge < -0.3 is 40.1 Å². The number of rotatable bonds is 15. The summed E-state index contributed by atoms with van der Waals surface area (Å²) in [7, 11) is 0. The molecule has 43 heavy (non-hydrogen) atoms. The Hall–Kier alpha value is -2.61. The molecule has 1 amide bonds. The van der Waals surface area contributed by atoms with Crippen molar-refractivity contribution in [3.63, 3.8) is 0 Å². The molecule has 0 aliphatic carbocycles. The third-order valence-corrected chi connectivity index (χ3v) is 8.53. The summed E-state index contributed by atoms with van der Waals surface area (Å²) in [4.78, 5) is 24.8. The number of carbonyl (C=O) groups excluding carboxylic acids is 1. The van der Waals surface area contributed by atoms with Gasteiger partial charge in [0.25, 0.3) is 0 Å². The van der Waals surface area contributed by atoms with Crippen molar-refractivity contribution >= 4 is 23.5 Å². The van der Waals surface area contributed by atoms with E-state index in [-0.39, 0.29) is 43.8 Å². The van der Waals surface area contributed by atoms with E-state index in [1.165, 1.54) is 11.0 Å². The molecule has 2 fully saturated rings. The average molecular weight is 625 g/mol. The lowest BCUT2D eigenvalue weighted by molar-refractivity contribution is -0.156. The van der Waals surface area contributed by atoms with Gasteiger partial charge in [-0.3, -0.25) is 4.79 Å². The number of hydrogen-bond acceptors (Lipinski definition) is 10. The summed E-state index contributed by atoms with van der Waals surface area (Å²) in [5, 5.41) is 49.0. The highest BCUT2D eigenvalue weighted by Crippen LogP contribution is 2.29. The Morgan fingerprint density at radius 2 is 1.81 bits per heavy atom. The molecule has 1 aromatic carbocycles. The molecule has 238 valence electrons. The maximum Gasteiger partial charge on any atom is 0.227 e. The quantitative estimate of drug-likeness (QED) is 0.185. The van der Waals surface area contributed by atoms with Crippen LogP contribution >= 0.6 is 11.6 Å². The summed E-state index contributed by atoms with van der Waals surface area (Å²) in [6, 6.07) is 4.51. The van der Waals surface area contributed by atoms with Gasteiger partial charge >= 0.3 is 0 Å². The number of amides is 1. The molecule has 13 heteroatoms. The number of anilines is 1. The monoisotopic (exact) mass is 624 g/mol. The number of benzene rings is 1. The molecular formula is C30H42ClFN4O7. The van der Waals surface area contributed by atoms with Crippen molar-refractivity contribution in [3.8, 4) is 5.75 Å². The summed E-state index contributed by atoms with van der Waals surface area (Å²) >= 11 is 5.87. The fourth-order valence-corrected chi connectivity index (χ4v) is 5.76. The molecule has 5 N–H and O–H groups in total. The normalized spacial score (nSPS) is 19.0. The number of carbonyl (C=O) groups is 1. The molecule has 11 nitrogen and oxygen atoms in total. The first-order valence-electron chi connectivity index (χ1n) is 14.9. The van der Waals surface area contributed by atoms with Gasteiger partial charge in [0.15, 0.2) is 0 Å². The highest BCUT2D eigenvalue weighted by molar-refractivity contribution is 6.30. The second kappa shape index (κ2) is 15.4. The number of nitrogens with zero attached hydrogens (tertiary/aromatic N) is 4. The van der Waals surface area contributed by atoms with E-state index >= 15 is 0 Å². The Kier molecular flexibility index (Phi) is 11.9. The molecule has 3 heterocycles. The van der Waals surface area contributed by atoms with E-state index < -0.39 is 36.3 Å². The second-order valence-corrected chi connectivity index (χ2v) is 12.2. The standard InChI is InChI=1S/C30H42ClFN4O7/c31-22-15-33-29(34-16-22)35-10-7-20(8-11-35)3-2-12-43-23-6-5-21(24(32)14-23)13-27(40)36-18-30(42,19-36)9-1-4-25(38)28(41)26(39)17-37/h5-6,14-16,20,25-26,28,37-39,41-42H,1-4,7-13,17-19H2/t25-,26+,28-/m0/s1. The minimum atomic E-state index is -1.47. The van der Waals surface area contributed by atoms with E-state index in [9.17, 15) is 29.6 Å². The maximum atomic E-state index is 14.7. The van der Waals surface area contributed by atoms with Crippen molar-refractivity contribution in [3.05, 3.63) is 47.0 Å². The van der Waals surface area contributed by atoms with E-state index in [4.69, 9.17) is 21.4 Å². The molecule has 2 aliphatic rings. The van der Waals surface area contributed by atoms with Gasteiger partial charge in [-0.2, -0.15) is 0 Å². The van der Waals surface area contributed by atoms with Crippen molar-refractivity contribution in [2.24, 2.45) is 5.92 Å². The Bertz CT molecular complexity index is 1180. The first-order valence-corrected chi connectivity index (χ1v) is 15.2. The molecule has 2 aliphatic heterocycles. The number of hydrogen-bond donors (Lipinski definition) is 5. The van der Waals surface area contributed by atoms with Gasteiger partial charge in [-0.25, -0.2) is 14.4 Å². The number of ether oxygens (including phenoxy) is 1. The number of halogens is 2. The molecule has 1 aromatic heterocycles. The number of aliphatic hydroxyl groups is 5. The van der Waals surface area contributed by atoms with Crippen LogP contribution in [0.4, 0.5) is 10.3 Å². The molecular weight excluding hydrogens is 583 g/mol. The molecule has 2 aromatic rings. The lowest BCUT2D eigenvalue weighted by Crippen LogP contribution is -2.63. The van der Waals surface area contributed by atoms with Crippen molar-refractivity contribution in [2.45, 2.75) is 75.3 Å². The first-order chi connectivity index (χ1) is 20.6. The third kappa shape index (κ3) is 9.44. The van der Waals surface area contributed by atoms with Crippen LogP contribution in [0.1, 0.15) is 50.5 Å². The lowest BCUT2D eigenvalue weighted by atomic mass is 9.87. The van der Waals surface area contributed by atoms with Crippen LogP contribution in [0.15, 0.2) is 30.6 Å². The SMILES string of the molecule is O=C(Cc1ccc(OCCCC2CCN(c3ncc(Cl)cn3)CC2)cc1F)N1CC(O)(CCC[C@H](O)[C@H](O)[C@H](O)CO)C1. The Morgan fingerprint density at radius 1 is 1.12 bits per heavy atom. The average Bonchev–Trinajstić information content (AvgIpc) is 2.99. The van der Waals surface area contributed by atoms with Gasteiger partial charge in [0, 0.05) is 19.2 Å². The predicted octanol–water partition coefficient (Wildman–Crippen LogP) is 1.71. The highest BCUT2D eigenvalue weighted by Gasteiger charge is 2.43. The lowest BCUT2D eigenvalue weighted by Gasteiger charge is -2.47. The summed E-state index contributed by atoms with van der Waals surface area (Å²) in [6.45, 7) is 1.79. The minimum absolute atomic E-state index is 0.0977. The third-order valence-electron chi connectivity index (χ3n) is 8.34. The maximum absolute atomic E-state index is 14.7. The molecule has 0 radical (unpaired) electrons. The summed E-state index contributed by atoms with van der Waals surface area (Å²) in [5.74, 6) is 0.888. The molecule has 4 rings (SSSR count). The van der Waals surface area contributed by atoms with Gasteiger partial charge in [-0.05, 0) is 62.5 Å². The molecule has 0 saturated carbocycles. The topological polar surface area (TPSA) is 160 Å². The van der Waals surface area contributed by atoms with Crippen molar-refractivity contribution in [1.29, 1.82) is 0 Å². The molecule has 3 atom stereocenters. The van der Waals surface area contributed by atoms with Crippen LogP contribution in [-0.4, -0.2) is 110 Å². The molecule has 0 unspecified atom stereocenters. The van der Waals surface area contributed by atoms with Crippen LogP contribution in [-0.2, 0) is 11.2 Å². The van der Waals surface area contributed by atoms with Crippen molar-refractivity contribution in [2.75, 3.05) is 44.3 Å². The number of likely N-dealkylation sites (tertiary alicyclic amines) is 1. The molecule has 2 saturated heterocycles. The number of aliphatic hydroxyl groups excluding tert-OH is 4. The van der Waals surface area contributed by atoms with E-state index in [2.05, 4.69) is 14.9 Å². The Morgan fingerprint density at radius 3 is 2.47 bits per heavy atom. The smallest absolute Gasteiger partial charge is 0.227 e. The zero-order chi connectivity index (χ0) is 31.0. The zero-order valence-corrected chi connectivity index (χ0v) is 24.9. The largest absolute Gasteiger partial charge is 0.493 e. The van der Waals surface area contributed by atoms with Gasteiger partial charge in [-0.1, -0.05) is 17.7 Å². The predicted molar refractivity (Wildman–Crippen MR) is 157 cm³/mol. The van der Waals surface area contributed by atoms with Gasteiger partial charge in [-0.15, -0.1) is 0 Å². The second-order valence-electron chi connectivity index (χ2n) is 11.7. The molecule has 0 bridgehead atoms. The van der Waals surface area contributed by atoms with Crippen LogP contribution in [0.3, 0.4) is 0 Å². The van der Waals surface area contributed by atoms with E-state index in [0.29, 0.717) is 35.7 Å². The van der Waals surface area contributed by atoms with E-state index in [1.807, 2.05) is 0 Å². The van der Waals surface area contributed by atoms with E-state index in [0.717, 1.165) is 38.8 Å². The highest BCUT2D eigenvalue weighted by atomic mass is 35.5. The fourth-order valence-electron chi connectivity index (χ4n) is 5.66. The summed E-state index contributed by atoms with van der Waals surface area (Å²) in [6.07, 6.45) is 3.64. The van der Waals surface area contributed by atoms with Crippen molar-refractivity contribution in [1.82, 2.24) is 14.9 Å². The number of β-amino-alcohol motifs (C(OH)–C–C–N with tert-alkyl or cyclic N) is 1. The Labute approximate surface area is 255 Å². The molecule has 0 spiro atoms. The summed E-state index contributed by atoms with van der Waals surface area (Å²) < 4.78 is 20.5. The minimum Gasteiger partial charge on any atom is -0.493 e. The number of piperidine rings is 1. The van der Waals surface area contributed by atoms with Crippen LogP contribution in [0.5, 0.6) is 5.75 Å². The van der Waals surface area contributed by atoms with Crippen LogP contribution in [0.25, 0.3) is 0 Å². The zero-order valence-electron chi connectivity index (χ0n) is 24.2. The summed E-state index contributed by atoms with van der Waals surface area (Å²) in [5.41, 5.74) is -0.863. The van der Waals surface area contributed by atoms with Crippen LogP contribution < -0.4 is 9.64 Å². The van der Waals surface area contributed by atoms with Gasteiger partial charge in [0.1, 0.15) is 23.8 Å². The van der Waals surface area contributed by atoms with Crippen molar-refractivity contribution < 1.29 is 39.5 Å². The van der Waals surface area contributed by atoms with Crippen LogP contribution in [0, 0.1) is 11.7 Å². The van der Waals surface area contributed by atoms with Gasteiger partial charge in [0.05, 0.1) is 61.8 Å². The first kappa shape index (κ1) is 33.3. The number of aromatic nitrogens is 2. The van der Waals surface area contributed by atoms with E-state index in [1.54, 1.807) is 24.5 Å². The van der Waals surface area contributed by atoms with Gasteiger partial charge in [0.2, 0.25) is 11.9 Å².